The second-order valence-corrected chi connectivity index (χ2v) is 10.4. The standard InChI is InChI=1S/C32H31ClN4O8/c1-41-22-12-19(13-23(15-22)42-2)18-37-25-11-10-21(33)14-24(25)32(34-17-28(37)38,20-8-6-5-7-9-20)29(30(39)40)45-31-35-26(43-3)16-27(36-31)44-4/h5-16,29,34H,17-18H2,1-4H3,(H,39,40). The predicted molar refractivity (Wildman–Crippen MR) is 165 cm³/mol. The van der Waals surface area contributed by atoms with Gasteiger partial charge in [-0.1, -0.05) is 41.9 Å². The third-order valence-electron chi connectivity index (χ3n) is 7.39. The van der Waals surface area contributed by atoms with Crippen LogP contribution >= 0.6 is 11.6 Å². The molecular weight excluding hydrogens is 604 g/mol. The van der Waals surface area contributed by atoms with Gasteiger partial charge < -0.3 is 33.7 Å². The molecule has 2 N–H and O–H groups in total. The molecule has 5 rings (SSSR count). The average molecular weight is 635 g/mol. The Morgan fingerprint density at radius 2 is 1.58 bits per heavy atom. The van der Waals surface area contributed by atoms with Crippen LogP contribution < -0.4 is 33.9 Å². The molecule has 0 bridgehead atoms. The molecule has 0 fully saturated rings. The van der Waals surface area contributed by atoms with Gasteiger partial charge in [-0.15, -0.1) is 0 Å². The summed E-state index contributed by atoms with van der Waals surface area (Å²) in [5.74, 6) is -0.396. The number of hydrogen-bond acceptors (Lipinski definition) is 10. The largest absolute Gasteiger partial charge is 0.497 e. The van der Waals surface area contributed by atoms with Gasteiger partial charge in [0.25, 0.3) is 0 Å². The van der Waals surface area contributed by atoms with E-state index >= 15 is 0 Å². The third-order valence-corrected chi connectivity index (χ3v) is 7.63. The van der Waals surface area contributed by atoms with Gasteiger partial charge in [0.1, 0.15) is 17.0 Å². The Morgan fingerprint density at radius 3 is 2.16 bits per heavy atom. The highest BCUT2D eigenvalue weighted by molar-refractivity contribution is 6.30. The first-order chi connectivity index (χ1) is 21.7. The van der Waals surface area contributed by atoms with Crippen LogP contribution in [0.2, 0.25) is 5.02 Å². The van der Waals surface area contributed by atoms with Gasteiger partial charge in [-0.25, -0.2) is 4.79 Å². The molecule has 2 heterocycles. The van der Waals surface area contributed by atoms with Gasteiger partial charge in [-0.2, -0.15) is 9.97 Å². The van der Waals surface area contributed by atoms with E-state index in [0.29, 0.717) is 33.3 Å². The maximum atomic E-state index is 13.9. The topological polar surface area (TPSA) is 142 Å². The van der Waals surface area contributed by atoms with Crippen LogP contribution in [-0.4, -0.2) is 68.0 Å². The van der Waals surface area contributed by atoms with E-state index in [2.05, 4.69) is 15.3 Å². The first kappa shape index (κ1) is 31.4. The minimum Gasteiger partial charge on any atom is -0.497 e. The van der Waals surface area contributed by atoms with Crippen molar-refractivity contribution in [2.45, 2.75) is 18.2 Å². The summed E-state index contributed by atoms with van der Waals surface area (Å²) in [6, 6.07) is 20.2. The number of halogens is 1. The molecule has 45 heavy (non-hydrogen) atoms. The molecule has 0 radical (unpaired) electrons. The van der Waals surface area contributed by atoms with E-state index in [1.165, 1.54) is 20.3 Å². The Bertz CT molecular complexity index is 1660. The van der Waals surface area contributed by atoms with Gasteiger partial charge in [0.15, 0.2) is 0 Å². The summed E-state index contributed by atoms with van der Waals surface area (Å²) in [5.41, 5.74) is 0.330. The number of carboxylic acids is 1. The van der Waals surface area contributed by atoms with Crippen molar-refractivity contribution in [1.29, 1.82) is 0 Å². The van der Waals surface area contributed by atoms with Gasteiger partial charge >= 0.3 is 12.0 Å². The highest BCUT2D eigenvalue weighted by atomic mass is 35.5. The number of ether oxygens (including phenoxy) is 5. The molecule has 0 saturated carbocycles. The molecule has 2 atom stereocenters. The van der Waals surface area contributed by atoms with Crippen molar-refractivity contribution in [3.8, 4) is 29.3 Å². The Labute approximate surface area is 264 Å². The number of rotatable bonds is 11. The molecule has 4 aromatic rings. The van der Waals surface area contributed by atoms with Gasteiger partial charge in [0.05, 0.1) is 47.6 Å². The van der Waals surface area contributed by atoms with E-state index in [1.54, 1.807) is 85.8 Å². The summed E-state index contributed by atoms with van der Waals surface area (Å²) in [5, 5.41) is 14.4. The maximum Gasteiger partial charge on any atom is 0.347 e. The lowest BCUT2D eigenvalue weighted by molar-refractivity contribution is -0.149. The summed E-state index contributed by atoms with van der Waals surface area (Å²) < 4.78 is 27.5. The summed E-state index contributed by atoms with van der Waals surface area (Å²) in [4.78, 5) is 37.1. The van der Waals surface area contributed by atoms with Crippen LogP contribution in [-0.2, 0) is 21.7 Å². The summed E-state index contributed by atoms with van der Waals surface area (Å²) in [6.45, 7) is -0.153. The smallest absolute Gasteiger partial charge is 0.347 e. The lowest BCUT2D eigenvalue weighted by Crippen LogP contribution is -2.58. The van der Waals surface area contributed by atoms with E-state index in [0.717, 1.165) is 5.56 Å². The first-order valence-corrected chi connectivity index (χ1v) is 14.1. The first-order valence-electron chi connectivity index (χ1n) is 13.7. The van der Waals surface area contributed by atoms with E-state index < -0.39 is 17.6 Å². The van der Waals surface area contributed by atoms with Crippen molar-refractivity contribution >= 4 is 29.2 Å². The van der Waals surface area contributed by atoms with Crippen molar-refractivity contribution in [3.05, 3.63) is 94.5 Å². The second kappa shape index (κ2) is 13.3. The lowest BCUT2D eigenvalue weighted by atomic mass is 9.77. The van der Waals surface area contributed by atoms with Crippen LogP contribution in [0.1, 0.15) is 16.7 Å². The van der Waals surface area contributed by atoms with E-state index in [-0.39, 0.29) is 36.8 Å². The van der Waals surface area contributed by atoms with E-state index in [1.807, 2.05) is 0 Å². The van der Waals surface area contributed by atoms with Crippen molar-refractivity contribution in [3.63, 3.8) is 0 Å². The molecule has 234 valence electrons. The number of fused-ring (bicyclic) bond motifs is 1. The van der Waals surface area contributed by atoms with E-state index in [4.69, 9.17) is 35.3 Å². The Balaban J connectivity index is 1.73. The second-order valence-electron chi connectivity index (χ2n) is 9.96. The van der Waals surface area contributed by atoms with Crippen molar-refractivity contribution in [2.24, 2.45) is 0 Å². The predicted octanol–water partition coefficient (Wildman–Crippen LogP) is 4.08. The summed E-state index contributed by atoms with van der Waals surface area (Å²) in [6.07, 6.45) is -1.72. The molecule has 1 aliphatic heterocycles. The van der Waals surface area contributed by atoms with Crippen LogP contribution in [0, 0.1) is 0 Å². The van der Waals surface area contributed by atoms with Crippen LogP contribution in [0.15, 0.2) is 72.8 Å². The summed E-state index contributed by atoms with van der Waals surface area (Å²) in [7, 11) is 5.88. The molecular formula is C32H31ClN4O8. The number of aliphatic carboxylic acids is 1. The fourth-order valence-corrected chi connectivity index (χ4v) is 5.50. The number of methoxy groups -OCH3 is 4. The molecule has 2 unspecified atom stereocenters. The molecule has 0 aliphatic carbocycles. The number of carboxylic acid groups (broad SMARTS) is 1. The monoisotopic (exact) mass is 634 g/mol. The molecule has 12 nitrogen and oxygen atoms in total. The highest BCUT2D eigenvalue weighted by Gasteiger charge is 2.52. The number of carbonyl (C=O) groups excluding carboxylic acids is 1. The number of aromatic nitrogens is 2. The molecule has 1 aromatic heterocycles. The van der Waals surface area contributed by atoms with Crippen LogP contribution in [0.3, 0.4) is 0 Å². The zero-order chi connectivity index (χ0) is 32.1. The zero-order valence-corrected chi connectivity index (χ0v) is 25.7. The highest BCUT2D eigenvalue weighted by Crippen LogP contribution is 2.44. The molecule has 1 aliphatic rings. The van der Waals surface area contributed by atoms with Gasteiger partial charge in [-0.3, -0.25) is 10.1 Å². The molecule has 0 saturated heterocycles. The number of nitrogens with one attached hydrogen (secondary N) is 1. The van der Waals surface area contributed by atoms with Crippen LogP contribution in [0.25, 0.3) is 0 Å². The number of nitrogens with zero attached hydrogens (tertiary/aromatic N) is 3. The van der Waals surface area contributed by atoms with Crippen LogP contribution in [0.5, 0.6) is 29.3 Å². The number of hydrogen-bond donors (Lipinski definition) is 2. The van der Waals surface area contributed by atoms with Crippen molar-refractivity contribution < 1.29 is 38.4 Å². The molecule has 3 aromatic carbocycles. The van der Waals surface area contributed by atoms with Crippen molar-refractivity contribution in [1.82, 2.24) is 15.3 Å². The number of amides is 1. The average Bonchev–Trinajstić information content (AvgIpc) is 3.17. The Kier molecular flexibility index (Phi) is 9.26. The Morgan fingerprint density at radius 1 is 0.933 bits per heavy atom. The fourth-order valence-electron chi connectivity index (χ4n) is 5.33. The third kappa shape index (κ3) is 6.28. The number of carbonyl (C=O) groups is 2. The maximum absolute atomic E-state index is 13.9. The fraction of sp³-hybridized carbons (Fsp3) is 0.250. The quantitative estimate of drug-likeness (QED) is 0.246. The summed E-state index contributed by atoms with van der Waals surface area (Å²) >= 11 is 6.58. The zero-order valence-electron chi connectivity index (χ0n) is 24.9. The number of anilines is 1. The van der Waals surface area contributed by atoms with E-state index in [9.17, 15) is 14.7 Å². The van der Waals surface area contributed by atoms with Gasteiger partial charge in [-0.05, 0) is 41.5 Å². The number of benzene rings is 3. The Hall–Kier alpha value is -5.07. The minimum atomic E-state index is -1.72. The van der Waals surface area contributed by atoms with Gasteiger partial charge in [0, 0.05) is 22.3 Å². The van der Waals surface area contributed by atoms with Crippen molar-refractivity contribution in [2.75, 3.05) is 39.9 Å². The minimum absolute atomic E-state index is 0.0992. The normalized spacial score (nSPS) is 16.6. The molecule has 0 spiro atoms. The SMILES string of the molecule is COc1cc(CN2C(=O)CNC(c3ccccc3)(C(Oc3nc(OC)cc(OC)n3)C(=O)O)c3cc(Cl)ccc32)cc(OC)c1. The molecule has 13 heteroatoms. The lowest BCUT2D eigenvalue weighted by Gasteiger charge is -2.39. The molecule has 1 amide bonds. The van der Waals surface area contributed by atoms with Gasteiger partial charge in [0.2, 0.25) is 23.8 Å². The van der Waals surface area contributed by atoms with Crippen LogP contribution in [0.4, 0.5) is 5.69 Å².